The number of hydrogen-bond donors (Lipinski definition) is 3. The van der Waals surface area contributed by atoms with Crippen LogP contribution in [0.2, 0.25) is 0 Å². The maximum absolute atomic E-state index is 13.8. The van der Waals surface area contributed by atoms with Gasteiger partial charge in [0.05, 0.1) is 24.2 Å². The quantitative estimate of drug-likeness (QED) is 0.431. The number of hydrogen-bond acceptors (Lipinski definition) is 7. The molecule has 3 heterocycles. The molecule has 33 heavy (non-hydrogen) atoms. The molecular weight excluding hydrogens is 424 g/mol. The van der Waals surface area contributed by atoms with E-state index in [0.29, 0.717) is 54.1 Å². The van der Waals surface area contributed by atoms with Crippen LogP contribution in [0, 0.1) is 12.8 Å². The molecule has 170 valence electrons. The van der Waals surface area contributed by atoms with Crippen molar-refractivity contribution >= 4 is 33.9 Å². The third-order valence-corrected chi connectivity index (χ3v) is 6.38. The van der Waals surface area contributed by atoms with Gasteiger partial charge in [-0.25, -0.2) is 15.0 Å². The maximum atomic E-state index is 13.8. The predicted octanol–water partition coefficient (Wildman–Crippen LogP) is 3.05. The number of carbonyl (C=O) groups is 1. The minimum atomic E-state index is -0.796. The molecule has 3 aromatic heterocycles. The molecule has 4 N–H and O–H groups in total. The molecule has 0 amide bonds. The first-order chi connectivity index (χ1) is 15.9. The first-order valence-electron chi connectivity index (χ1n) is 10.8. The van der Waals surface area contributed by atoms with E-state index in [1.54, 1.807) is 18.6 Å². The van der Waals surface area contributed by atoms with Gasteiger partial charge in [0.1, 0.15) is 17.1 Å². The molecule has 1 aromatic carbocycles. The van der Waals surface area contributed by atoms with Crippen molar-refractivity contribution < 1.29 is 14.6 Å². The number of aliphatic carboxylic acids is 1. The lowest BCUT2D eigenvalue weighted by Gasteiger charge is -2.28. The van der Waals surface area contributed by atoms with E-state index in [-0.39, 0.29) is 23.1 Å². The third kappa shape index (κ3) is 3.47. The average molecular weight is 448 g/mol. The zero-order valence-electron chi connectivity index (χ0n) is 18.3. The highest BCUT2D eigenvalue weighted by molar-refractivity contribution is 5.91. The zero-order valence-corrected chi connectivity index (χ0v) is 18.3. The molecule has 0 atom stereocenters. The third-order valence-electron chi connectivity index (χ3n) is 6.38. The number of nitrogens with two attached hydrogens (primary N) is 1. The van der Waals surface area contributed by atoms with Crippen molar-refractivity contribution in [3.05, 3.63) is 40.4 Å². The molecule has 10 heteroatoms. The lowest BCUT2D eigenvalue weighted by molar-refractivity contribution is -0.143. The lowest BCUT2D eigenvalue weighted by Crippen LogP contribution is -2.32. The SMILES string of the molecule is COc1cccc2cc(-c3nc4c(N)nc(C)nc4n(C4CCC(C(=O)O)CC4)c3=O)[nH]c12. The van der Waals surface area contributed by atoms with E-state index in [4.69, 9.17) is 10.5 Å². The number of carboxylic acids is 1. The fraction of sp³-hybridized carbons (Fsp3) is 0.348. The van der Waals surface area contributed by atoms with Gasteiger partial charge >= 0.3 is 5.97 Å². The lowest BCUT2D eigenvalue weighted by atomic mass is 9.86. The number of methoxy groups -OCH3 is 1. The Morgan fingerprint density at radius 1 is 1.21 bits per heavy atom. The molecule has 4 aromatic rings. The van der Waals surface area contributed by atoms with Crippen molar-refractivity contribution in [2.75, 3.05) is 12.8 Å². The largest absolute Gasteiger partial charge is 0.495 e. The number of benzene rings is 1. The highest BCUT2D eigenvalue weighted by Crippen LogP contribution is 2.34. The summed E-state index contributed by atoms with van der Waals surface area (Å²) in [6, 6.07) is 7.28. The van der Waals surface area contributed by atoms with Crippen LogP contribution in [0.5, 0.6) is 5.75 Å². The van der Waals surface area contributed by atoms with Crippen molar-refractivity contribution in [1.29, 1.82) is 0 Å². The van der Waals surface area contributed by atoms with Crippen molar-refractivity contribution in [3.8, 4) is 17.1 Å². The van der Waals surface area contributed by atoms with E-state index in [0.717, 1.165) is 10.9 Å². The Labute approximate surface area is 188 Å². The zero-order chi connectivity index (χ0) is 23.3. The number of fused-ring (bicyclic) bond motifs is 2. The van der Waals surface area contributed by atoms with Crippen LogP contribution >= 0.6 is 0 Å². The summed E-state index contributed by atoms with van der Waals surface area (Å²) < 4.78 is 7.06. The Morgan fingerprint density at radius 3 is 2.67 bits per heavy atom. The standard InChI is InChI=1S/C23H24N6O4/c1-11-25-20(24)19-21(26-11)29(14-8-6-12(7-9-14)23(31)32)22(30)18(28-19)15-10-13-4-3-5-16(33-2)17(13)27-15/h3-5,10,12,14,27H,6-9H2,1-2H3,(H,31,32)(H2,24,25,26). The van der Waals surface area contributed by atoms with Crippen LogP contribution in [0.1, 0.15) is 37.5 Å². The highest BCUT2D eigenvalue weighted by atomic mass is 16.5. The first-order valence-corrected chi connectivity index (χ1v) is 10.8. The first kappa shape index (κ1) is 20.9. The highest BCUT2D eigenvalue weighted by Gasteiger charge is 2.30. The van der Waals surface area contributed by atoms with E-state index in [1.807, 2.05) is 24.3 Å². The van der Waals surface area contributed by atoms with Gasteiger partial charge in [0.25, 0.3) is 5.56 Å². The molecule has 1 aliphatic rings. The van der Waals surface area contributed by atoms with Gasteiger partial charge in [-0.05, 0) is 44.7 Å². The van der Waals surface area contributed by atoms with E-state index < -0.39 is 11.9 Å². The molecular formula is C23H24N6O4. The van der Waals surface area contributed by atoms with Gasteiger partial charge < -0.3 is 20.6 Å². The number of anilines is 1. The Balaban J connectivity index is 1.72. The Morgan fingerprint density at radius 2 is 1.97 bits per heavy atom. The number of aromatic amines is 1. The van der Waals surface area contributed by atoms with Gasteiger partial charge in [0.2, 0.25) is 0 Å². The minimum Gasteiger partial charge on any atom is -0.495 e. The molecule has 0 saturated heterocycles. The van der Waals surface area contributed by atoms with Gasteiger partial charge in [-0.2, -0.15) is 0 Å². The van der Waals surface area contributed by atoms with Gasteiger partial charge in [-0.1, -0.05) is 12.1 Å². The number of carboxylic acid groups (broad SMARTS) is 1. The van der Waals surface area contributed by atoms with Crippen LogP contribution in [0.15, 0.2) is 29.1 Å². The smallest absolute Gasteiger partial charge is 0.306 e. The number of para-hydroxylation sites is 1. The molecule has 0 unspecified atom stereocenters. The number of nitrogens with zero attached hydrogens (tertiary/aromatic N) is 4. The molecule has 1 saturated carbocycles. The Kier molecular flexibility index (Phi) is 4.99. The second kappa shape index (κ2) is 7.88. The molecule has 0 radical (unpaired) electrons. The van der Waals surface area contributed by atoms with Crippen LogP contribution in [-0.2, 0) is 4.79 Å². The minimum absolute atomic E-state index is 0.195. The monoisotopic (exact) mass is 448 g/mol. The predicted molar refractivity (Wildman–Crippen MR) is 123 cm³/mol. The number of nitrogen functional groups attached to an aromatic ring is 1. The number of H-pyrrole nitrogens is 1. The normalized spacial score (nSPS) is 18.6. The second-order valence-electron chi connectivity index (χ2n) is 8.42. The molecule has 0 spiro atoms. The molecule has 10 nitrogen and oxygen atoms in total. The van der Waals surface area contributed by atoms with Crippen LogP contribution in [0.25, 0.3) is 33.5 Å². The summed E-state index contributed by atoms with van der Waals surface area (Å²) in [4.78, 5) is 41.8. The van der Waals surface area contributed by atoms with E-state index in [1.165, 1.54) is 0 Å². The van der Waals surface area contributed by atoms with Gasteiger partial charge in [0, 0.05) is 11.4 Å². The molecule has 0 bridgehead atoms. The Hall–Kier alpha value is -3.95. The molecule has 1 aliphatic carbocycles. The van der Waals surface area contributed by atoms with Crippen LogP contribution < -0.4 is 16.0 Å². The Bertz CT molecular complexity index is 1450. The summed E-state index contributed by atoms with van der Waals surface area (Å²) in [5.41, 5.74) is 8.13. The van der Waals surface area contributed by atoms with Crippen LogP contribution in [-0.4, -0.2) is 42.7 Å². The number of rotatable bonds is 4. The van der Waals surface area contributed by atoms with Crippen molar-refractivity contribution in [3.63, 3.8) is 0 Å². The fourth-order valence-electron chi connectivity index (χ4n) is 4.74. The van der Waals surface area contributed by atoms with Gasteiger partial charge in [-0.3, -0.25) is 14.2 Å². The topological polar surface area (TPSA) is 149 Å². The summed E-state index contributed by atoms with van der Waals surface area (Å²) in [6.07, 6.45) is 2.10. The number of aryl methyl sites for hydroxylation is 1. The molecule has 5 rings (SSSR count). The summed E-state index contributed by atoms with van der Waals surface area (Å²) in [5.74, 6) is 0.102. The molecule has 0 aliphatic heterocycles. The van der Waals surface area contributed by atoms with E-state index in [2.05, 4.69) is 19.9 Å². The summed E-state index contributed by atoms with van der Waals surface area (Å²) >= 11 is 0. The maximum Gasteiger partial charge on any atom is 0.306 e. The van der Waals surface area contributed by atoms with Crippen molar-refractivity contribution in [2.24, 2.45) is 5.92 Å². The number of nitrogens with one attached hydrogen (secondary N) is 1. The summed E-state index contributed by atoms with van der Waals surface area (Å²) in [7, 11) is 1.59. The molecule has 1 fully saturated rings. The number of aromatic nitrogens is 5. The van der Waals surface area contributed by atoms with Gasteiger partial charge in [0.15, 0.2) is 17.2 Å². The van der Waals surface area contributed by atoms with E-state index in [9.17, 15) is 14.7 Å². The van der Waals surface area contributed by atoms with E-state index >= 15 is 0 Å². The van der Waals surface area contributed by atoms with Crippen molar-refractivity contribution in [2.45, 2.75) is 38.6 Å². The van der Waals surface area contributed by atoms with Gasteiger partial charge in [-0.15, -0.1) is 0 Å². The van der Waals surface area contributed by atoms with Crippen molar-refractivity contribution in [1.82, 2.24) is 24.5 Å². The summed E-state index contributed by atoms with van der Waals surface area (Å²) in [6.45, 7) is 1.71. The van der Waals surface area contributed by atoms with Crippen LogP contribution in [0.3, 0.4) is 0 Å². The average Bonchev–Trinajstić information content (AvgIpc) is 3.23. The second-order valence-corrected chi connectivity index (χ2v) is 8.42. The van der Waals surface area contributed by atoms with Crippen LogP contribution in [0.4, 0.5) is 5.82 Å². The number of ether oxygens (including phenoxy) is 1. The summed E-state index contributed by atoms with van der Waals surface area (Å²) in [5, 5.41) is 10.3. The fourth-order valence-corrected chi connectivity index (χ4v) is 4.74.